The molecule has 2 fully saturated rings. The Balaban J connectivity index is 1.81. The predicted octanol–water partition coefficient (Wildman–Crippen LogP) is 3.95. The highest BCUT2D eigenvalue weighted by Gasteiger charge is 2.42. The van der Waals surface area contributed by atoms with Gasteiger partial charge in [0.25, 0.3) is 0 Å². The molecule has 1 saturated heterocycles. The van der Waals surface area contributed by atoms with Gasteiger partial charge in [0.1, 0.15) is 0 Å². The third-order valence-corrected chi connectivity index (χ3v) is 5.65. The Bertz CT molecular complexity index is 502. The molecular formula is C18H24BrNO2. The minimum atomic E-state index is -0.420. The molecule has 1 amide bonds. The number of hydrogen-bond acceptors (Lipinski definition) is 2. The summed E-state index contributed by atoms with van der Waals surface area (Å²) in [4.78, 5) is 13.1. The minimum Gasteiger partial charge on any atom is -0.381 e. The minimum absolute atomic E-state index is 0.199. The molecule has 0 unspecified atom stereocenters. The Kier molecular flexibility index (Phi) is 5.19. The predicted molar refractivity (Wildman–Crippen MR) is 90.9 cm³/mol. The molecule has 0 atom stereocenters. The van der Waals surface area contributed by atoms with Crippen LogP contribution in [0.15, 0.2) is 28.7 Å². The molecule has 3 rings (SSSR count). The van der Waals surface area contributed by atoms with Crippen molar-refractivity contribution in [2.45, 2.75) is 56.4 Å². The largest absolute Gasteiger partial charge is 0.381 e. The van der Waals surface area contributed by atoms with Crippen molar-refractivity contribution in [2.24, 2.45) is 0 Å². The van der Waals surface area contributed by atoms with Gasteiger partial charge in [-0.05, 0) is 43.4 Å². The topological polar surface area (TPSA) is 38.3 Å². The zero-order valence-electron chi connectivity index (χ0n) is 12.9. The van der Waals surface area contributed by atoms with E-state index in [9.17, 15) is 4.79 Å². The summed E-state index contributed by atoms with van der Waals surface area (Å²) >= 11 is 3.48. The Morgan fingerprint density at radius 3 is 2.36 bits per heavy atom. The lowest BCUT2D eigenvalue weighted by Gasteiger charge is -2.38. The van der Waals surface area contributed by atoms with E-state index in [1.807, 2.05) is 12.1 Å². The number of halogens is 1. The van der Waals surface area contributed by atoms with Crippen LogP contribution in [0.25, 0.3) is 0 Å². The molecule has 0 spiro atoms. The molecule has 3 nitrogen and oxygen atoms in total. The Morgan fingerprint density at radius 2 is 1.73 bits per heavy atom. The first kappa shape index (κ1) is 16.0. The first-order valence-corrected chi connectivity index (χ1v) is 9.15. The van der Waals surface area contributed by atoms with Crippen LogP contribution >= 0.6 is 15.9 Å². The number of benzene rings is 1. The smallest absolute Gasteiger partial charge is 0.231 e. The number of rotatable bonds is 3. The van der Waals surface area contributed by atoms with E-state index in [1.54, 1.807) is 0 Å². The van der Waals surface area contributed by atoms with E-state index in [0.29, 0.717) is 19.3 Å². The summed E-state index contributed by atoms with van der Waals surface area (Å²) in [5.41, 5.74) is 0.698. The maximum absolute atomic E-state index is 13.1. The number of carbonyl (C=O) groups is 1. The van der Waals surface area contributed by atoms with Crippen molar-refractivity contribution in [1.82, 2.24) is 5.32 Å². The van der Waals surface area contributed by atoms with E-state index in [0.717, 1.165) is 35.7 Å². The zero-order chi connectivity index (χ0) is 15.4. The fourth-order valence-electron chi connectivity index (χ4n) is 3.71. The average molecular weight is 366 g/mol. The average Bonchev–Trinajstić information content (AvgIpc) is 2.57. The van der Waals surface area contributed by atoms with Gasteiger partial charge in [0.15, 0.2) is 0 Å². The molecule has 0 radical (unpaired) electrons. The molecule has 4 heteroatoms. The molecule has 120 valence electrons. The Hall–Kier alpha value is -0.870. The van der Waals surface area contributed by atoms with Crippen molar-refractivity contribution < 1.29 is 9.53 Å². The lowest BCUT2D eigenvalue weighted by atomic mass is 9.73. The van der Waals surface area contributed by atoms with Gasteiger partial charge in [-0.2, -0.15) is 0 Å². The van der Waals surface area contributed by atoms with Crippen LogP contribution in [0.4, 0.5) is 0 Å². The Labute approximate surface area is 140 Å². The number of nitrogens with one attached hydrogen (secondary N) is 1. The number of carbonyl (C=O) groups excluding carboxylic acids is 1. The highest BCUT2D eigenvalue weighted by Crippen LogP contribution is 2.36. The molecule has 1 aromatic carbocycles. The van der Waals surface area contributed by atoms with Crippen LogP contribution in [0.2, 0.25) is 0 Å². The van der Waals surface area contributed by atoms with Crippen LogP contribution in [0.5, 0.6) is 0 Å². The monoisotopic (exact) mass is 365 g/mol. The van der Waals surface area contributed by atoms with Gasteiger partial charge in [-0.15, -0.1) is 0 Å². The maximum Gasteiger partial charge on any atom is 0.231 e. The van der Waals surface area contributed by atoms with Crippen molar-refractivity contribution in [2.75, 3.05) is 13.2 Å². The van der Waals surface area contributed by atoms with Crippen molar-refractivity contribution in [3.63, 3.8) is 0 Å². The second kappa shape index (κ2) is 7.14. The van der Waals surface area contributed by atoms with Crippen molar-refractivity contribution >= 4 is 21.8 Å². The second-order valence-electron chi connectivity index (χ2n) is 6.51. The Morgan fingerprint density at radius 1 is 1.09 bits per heavy atom. The third-order valence-electron chi connectivity index (χ3n) is 5.12. The molecule has 22 heavy (non-hydrogen) atoms. The van der Waals surface area contributed by atoms with Gasteiger partial charge in [-0.25, -0.2) is 0 Å². The fourth-order valence-corrected chi connectivity index (χ4v) is 3.97. The summed E-state index contributed by atoms with van der Waals surface area (Å²) < 4.78 is 6.57. The van der Waals surface area contributed by atoms with Crippen LogP contribution in [-0.2, 0) is 14.9 Å². The summed E-state index contributed by atoms with van der Waals surface area (Å²) in [6.07, 6.45) is 7.56. The van der Waals surface area contributed by atoms with Gasteiger partial charge >= 0.3 is 0 Å². The third kappa shape index (κ3) is 3.38. The molecule has 0 bridgehead atoms. The van der Waals surface area contributed by atoms with E-state index in [-0.39, 0.29) is 5.91 Å². The molecule has 1 aliphatic heterocycles. The second-order valence-corrected chi connectivity index (χ2v) is 7.43. The molecule has 0 aromatic heterocycles. The standard InChI is InChI=1S/C18H24BrNO2/c19-15-8-6-14(7-9-15)18(10-12-22-13-11-18)17(21)20-16-4-2-1-3-5-16/h6-9,16H,1-5,10-13H2,(H,20,21). The normalized spacial score (nSPS) is 22.2. The van der Waals surface area contributed by atoms with E-state index < -0.39 is 5.41 Å². The first-order valence-electron chi connectivity index (χ1n) is 8.35. The molecule has 2 aliphatic rings. The van der Waals surface area contributed by atoms with Crippen LogP contribution in [0, 0.1) is 0 Å². The summed E-state index contributed by atoms with van der Waals surface area (Å²) in [7, 11) is 0. The highest BCUT2D eigenvalue weighted by atomic mass is 79.9. The van der Waals surface area contributed by atoms with Gasteiger partial charge < -0.3 is 10.1 Å². The maximum atomic E-state index is 13.1. The van der Waals surface area contributed by atoms with E-state index in [4.69, 9.17) is 4.74 Å². The lowest BCUT2D eigenvalue weighted by Crippen LogP contribution is -2.51. The van der Waals surface area contributed by atoms with Crippen LogP contribution in [0.3, 0.4) is 0 Å². The summed E-state index contributed by atoms with van der Waals surface area (Å²) in [6, 6.07) is 8.57. The summed E-state index contributed by atoms with van der Waals surface area (Å²) in [5, 5.41) is 3.34. The van der Waals surface area contributed by atoms with Gasteiger partial charge in [-0.3, -0.25) is 4.79 Å². The van der Waals surface area contributed by atoms with Crippen LogP contribution in [-0.4, -0.2) is 25.2 Å². The van der Waals surface area contributed by atoms with Gasteiger partial charge in [0.05, 0.1) is 5.41 Å². The van der Waals surface area contributed by atoms with Crippen molar-refractivity contribution in [3.05, 3.63) is 34.3 Å². The highest BCUT2D eigenvalue weighted by molar-refractivity contribution is 9.10. The van der Waals surface area contributed by atoms with E-state index >= 15 is 0 Å². The fraction of sp³-hybridized carbons (Fsp3) is 0.611. The first-order chi connectivity index (χ1) is 10.7. The molecular weight excluding hydrogens is 342 g/mol. The lowest BCUT2D eigenvalue weighted by molar-refractivity contribution is -0.131. The summed E-state index contributed by atoms with van der Waals surface area (Å²) in [5.74, 6) is 0.199. The van der Waals surface area contributed by atoms with Gasteiger partial charge in [0.2, 0.25) is 5.91 Å². The molecule has 1 aromatic rings. The quantitative estimate of drug-likeness (QED) is 0.880. The van der Waals surface area contributed by atoms with Crippen LogP contribution in [0.1, 0.15) is 50.5 Å². The molecule has 1 saturated carbocycles. The summed E-state index contributed by atoms with van der Waals surface area (Å²) in [6.45, 7) is 1.32. The van der Waals surface area contributed by atoms with E-state index in [1.165, 1.54) is 19.3 Å². The van der Waals surface area contributed by atoms with Crippen LogP contribution < -0.4 is 5.32 Å². The number of amides is 1. The van der Waals surface area contributed by atoms with Crippen molar-refractivity contribution in [3.8, 4) is 0 Å². The van der Waals surface area contributed by atoms with Gasteiger partial charge in [0, 0.05) is 23.7 Å². The van der Waals surface area contributed by atoms with Gasteiger partial charge in [-0.1, -0.05) is 47.3 Å². The molecule has 1 N–H and O–H groups in total. The number of ether oxygens (including phenoxy) is 1. The number of hydrogen-bond donors (Lipinski definition) is 1. The van der Waals surface area contributed by atoms with E-state index in [2.05, 4.69) is 33.4 Å². The molecule has 1 aliphatic carbocycles. The SMILES string of the molecule is O=C(NC1CCCCC1)C1(c2ccc(Br)cc2)CCOCC1. The zero-order valence-corrected chi connectivity index (χ0v) is 14.5. The van der Waals surface area contributed by atoms with Crippen molar-refractivity contribution in [1.29, 1.82) is 0 Å². The molecule has 1 heterocycles.